The second-order valence-electron chi connectivity index (χ2n) is 4.43. The van der Waals surface area contributed by atoms with Gasteiger partial charge in [-0.3, -0.25) is 0 Å². The van der Waals surface area contributed by atoms with Gasteiger partial charge in [0, 0.05) is 39.8 Å². The highest BCUT2D eigenvalue weighted by Gasteiger charge is 2.24. The molecule has 0 spiro atoms. The third-order valence-electron chi connectivity index (χ3n) is 2.77. The molecule has 2 rings (SSSR count). The van der Waals surface area contributed by atoms with E-state index in [0.29, 0.717) is 16.4 Å². The maximum atomic E-state index is 6.00. The molecule has 0 amide bonds. The highest BCUT2D eigenvalue weighted by molar-refractivity contribution is 9.10. The number of hydrogen-bond acceptors (Lipinski definition) is 3. The van der Waals surface area contributed by atoms with Crippen LogP contribution in [0.25, 0.3) is 0 Å². The average molecular weight is 336 g/mol. The zero-order valence-corrected chi connectivity index (χ0v) is 13.1. The van der Waals surface area contributed by atoms with Crippen LogP contribution in [0.1, 0.15) is 19.4 Å². The highest BCUT2D eigenvalue weighted by atomic mass is 79.9. The fourth-order valence-corrected chi connectivity index (χ4v) is 4.11. The van der Waals surface area contributed by atoms with Crippen LogP contribution >= 0.6 is 39.3 Å². The van der Waals surface area contributed by atoms with Gasteiger partial charge in [0.05, 0.1) is 5.88 Å². The van der Waals surface area contributed by atoms with Gasteiger partial charge in [0.15, 0.2) is 0 Å². The van der Waals surface area contributed by atoms with Crippen LogP contribution < -0.4 is 4.90 Å². The van der Waals surface area contributed by atoms with Crippen molar-refractivity contribution < 1.29 is 0 Å². The largest absolute Gasteiger partial charge is 0.354 e. The second kappa shape index (κ2) is 5.81. The summed E-state index contributed by atoms with van der Waals surface area (Å²) in [5, 5.41) is 1.29. The van der Waals surface area contributed by atoms with Crippen molar-refractivity contribution in [3.8, 4) is 0 Å². The van der Waals surface area contributed by atoms with Crippen LogP contribution in [0.15, 0.2) is 16.7 Å². The average Bonchev–Trinajstić information content (AvgIpc) is 2.27. The standard InChI is InChI=1S/C12H16BrClN2S/c1-8-6-16(7-9(2)17-8)12-10(4-14)3-11(13)5-15-12/h3,5,8-9H,4,6-7H2,1-2H3. The van der Waals surface area contributed by atoms with Gasteiger partial charge in [0.25, 0.3) is 0 Å². The molecule has 5 heteroatoms. The van der Waals surface area contributed by atoms with Gasteiger partial charge in [0.2, 0.25) is 0 Å². The van der Waals surface area contributed by atoms with E-state index in [1.807, 2.05) is 18.0 Å². The van der Waals surface area contributed by atoms with Gasteiger partial charge in [-0.15, -0.1) is 11.6 Å². The molecular weight excluding hydrogens is 320 g/mol. The molecule has 2 nitrogen and oxygen atoms in total. The number of aromatic nitrogens is 1. The Kier molecular flexibility index (Phi) is 4.61. The molecule has 2 atom stereocenters. The fraction of sp³-hybridized carbons (Fsp3) is 0.583. The van der Waals surface area contributed by atoms with Crippen molar-refractivity contribution in [1.29, 1.82) is 0 Å². The summed E-state index contributed by atoms with van der Waals surface area (Å²) in [6, 6.07) is 2.06. The van der Waals surface area contributed by atoms with E-state index in [2.05, 4.69) is 45.7 Å². The van der Waals surface area contributed by atoms with E-state index < -0.39 is 0 Å². The van der Waals surface area contributed by atoms with Gasteiger partial charge in [-0.2, -0.15) is 11.8 Å². The van der Waals surface area contributed by atoms with Crippen LogP contribution in [0.2, 0.25) is 0 Å². The molecule has 1 aliphatic rings. The first kappa shape index (κ1) is 13.5. The van der Waals surface area contributed by atoms with Crippen molar-refractivity contribution in [3.05, 3.63) is 22.3 Å². The Morgan fingerprint density at radius 3 is 2.71 bits per heavy atom. The van der Waals surface area contributed by atoms with Gasteiger partial charge >= 0.3 is 0 Å². The van der Waals surface area contributed by atoms with Crippen molar-refractivity contribution in [2.75, 3.05) is 18.0 Å². The maximum Gasteiger partial charge on any atom is 0.133 e. The van der Waals surface area contributed by atoms with Crippen molar-refractivity contribution in [2.24, 2.45) is 0 Å². The third kappa shape index (κ3) is 3.30. The molecule has 0 bridgehead atoms. The first-order valence-corrected chi connectivity index (χ1v) is 7.98. The van der Waals surface area contributed by atoms with E-state index in [9.17, 15) is 0 Å². The summed E-state index contributed by atoms with van der Waals surface area (Å²) >= 11 is 11.5. The highest BCUT2D eigenvalue weighted by Crippen LogP contribution is 2.30. The molecule has 0 saturated carbocycles. The van der Waals surface area contributed by atoms with Gasteiger partial charge < -0.3 is 4.90 Å². The van der Waals surface area contributed by atoms with Crippen molar-refractivity contribution in [3.63, 3.8) is 0 Å². The molecule has 0 radical (unpaired) electrons. The zero-order valence-electron chi connectivity index (χ0n) is 9.99. The molecule has 0 N–H and O–H groups in total. The van der Waals surface area contributed by atoms with Crippen molar-refractivity contribution in [2.45, 2.75) is 30.2 Å². The predicted molar refractivity (Wildman–Crippen MR) is 80.2 cm³/mol. The lowest BCUT2D eigenvalue weighted by Gasteiger charge is -2.36. The first-order chi connectivity index (χ1) is 8.10. The Hall–Kier alpha value is 0.0700. The fourth-order valence-electron chi connectivity index (χ4n) is 2.21. The number of rotatable bonds is 2. The summed E-state index contributed by atoms with van der Waals surface area (Å²) in [7, 11) is 0. The summed E-state index contributed by atoms with van der Waals surface area (Å²) in [6.45, 7) is 6.64. The Bertz CT molecular complexity index is 392. The summed E-state index contributed by atoms with van der Waals surface area (Å²) in [4.78, 5) is 6.88. The maximum absolute atomic E-state index is 6.00. The monoisotopic (exact) mass is 334 g/mol. The smallest absolute Gasteiger partial charge is 0.133 e. The van der Waals surface area contributed by atoms with E-state index >= 15 is 0 Å². The Labute approximate surface area is 120 Å². The molecule has 1 aliphatic heterocycles. The number of halogens is 2. The molecule has 94 valence electrons. The number of hydrogen-bond donors (Lipinski definition) is 0. The number of alkyl halides is 1. The number of nitrogens with zero attached hydrogens (tertiary/aromatic N) is 2. The normalized spacial score (nSPS) is 25.1. The van der Waals surface area contributed by atoms with Crippen LogP contribution in [0.5, 0.6) is 0 Å². The van der Waals surface area contributed by atoms with Crippen LogP contribution in [0.3, 0.4) is 0 Å². The quantitative estimate of drug-likeness (QED) is 0.762. The van der Waals surface area contributed by atoms with Crippen LogP contribution in [0, 0.1) is 0 Å². The number of pyridine rings is 1. The Morgan fingerprint density at radius 2 is 2.12 bits per heavy atom. The molecule has 0 aromatic carbocycles. The molecule has 1 aromatic rings. The lowest BCUT2D eigenvalue weighted by molar-refractivity contribution is 0.715. The number of thioether (sulfide) groups is 1. The van der Waals surface area contributed by atoms with Crippen LogP contribution in [-0.2, 0) is 5.88 Å². The summed E-state index contributed by atoms with van der Waals surface area (Å²) in [5.41, 5.74) is 1.10. The molecule has 1 saturated heterocycles. The van der Waals surface area contributed by atoms with Crippen LogP contribution in [-0.4, -0.2) is 28.6 Å². The summed E-state index contributed by atoms with van der Waals surface area (Å²) in [6.07, 6.45) is 1.85. The topological polar surface area (TPSA) is 16.1 Å². The van der Waals surface area contributed by atoms with Crippen molar-refractivity contribution >= 4 is 45.1 Å². The molecule has 2 unspecified atom stereocenters. The molecule has 2 heterocycles. The van der Waals surface area contributed by atoms with Gasteiger partial charge in [0.1, 0.15) is 5.82 Å². The minimum Gasteiger partial charge on any atom is -0.354 e. The van der Waals surface area contributed by atoms with E-state index in [4.69, 9.17) is 11.6 Å². The first-order valence-electron chi connectivity index (χ1n) is 5.71. The molecule has 1 fully saturated rings. The molecule has 17 heavy (non-hydrogen) atoms. The Balaban J connectivity index is 2.26. The van der Waals surface area contributed by atoms with E-state index in [-0.39, 0.29) is 0 Å². The molecule has 1 aromatic heterocycles. The summed E-state index contributed by atoms with van der Waals surface area (Å²) in [5.74, 6) is 1.55. The minimum atomic E-state index is 0.508. The third-order valence-corrected chi connectivity index (χ3v) is 4.72. The lowest BCUT2D eigenvalue weighted by atomic mass is 10.2. The Morgan fingerprint density at radius 1 is 1.47 bits per heavy atom. The molecular formula is C12H16BrClN2S. The SMILES string of the molecule is CC1CN(c2ncc(Br)cc2CCl)CC(C)S1. The van der Waals surface area contributed by atoms with Gasteiger partial charge in [-0.1, -0.05) is 13.8 Å². The van der Waals surface area contributed by atoms with Crippen LogP contribution in [0.4, 0.5) is 5.82 Å². The minimum absolute atomic E-state index is 0.508. The van der Waals surface area contributed by atoms with Crippen molar-refractivity contribution in [1.82, 2.24) is 4.98 Å². The molecule has 0 aliphatic carbocycles. The lowest BCUT2D eigenvalue weighted by Crippen LogP contribution is -2.41. The van der Waals surface area contributed by atoms with E-state index in [1.165, 1.54) is 0 Å². The van der Waals surface area contributed by atoms with Gasteiger partial charge in [-0.05, 0) is 22.0 Å². The summed E-state index contributed by atoms with van der Waals surface area (Å²) < 4.78 is 0.990. The number of anilines is 1. The van der Waals surface area contributed by atoms with Gasteiger partial charge in [-0.25, -0.2) is 4.98 Å². The zero-order chi connectivity index (χ0) is 12.4. The second-order valence-corrected chi connectivity index (χ2v) is 7.50. The van der Waals surface area contributed by atoms with E-state index in [0.717, 1.165) is 28.9 Å². The van der Waals surface area contributed by atoms with E-state index in [1.54, 1.807) is 0 Å². The predicted octanol–water partition coefficient (Wildman–Crippen LogP) is 3.91.